The molecule has 0 radical (unpaired) electrons. The number of aliphatic hydroxyl groups excluding tert-OH is 1. The Bertz CT molecular complexity index is 576. The summed E-state index contributed by atoms with van der Waals surface area (Å²) in [4.78, 5) is 0. The molecule has 0 spiro atoms. The molecule has 0 aliphatic carbocycles. The van der Waals surface area contributed by atoms with Crippen LogP contribution < -0.4 is 4.74 Å². The Morgan fingerprint density at radius 3 is 2.44 bits per heavy atom. The molecule has 0 heterocycles. The number of fused-ring (bicyclic) bond motifs is 1. The summed E-state index contributed by atoms with van der Waals surface area (Å²) in [5.41, 5.74) is -0.215. The third-order valence-corrected chi connectivity index (χ3v) is 2.79. The first kappa shape index (κ1) is 12.7. The fraction of sp³-hybridized carbons (Fsp3) is 0.231. The molecule has 0 amide bonds. The van der Waals surface area contributed by atoms with Gasteiger partial charge in [-0.05, 0) is 29.0 Å². The van der Waals surface area contributed by atoms with Gasteiger partial charge in [-0.2, -0.15) is 13.2 Å². The molecule has 2 nitrogen and oxygen atoms in total. The predicted octanol–water partition coefficient (Wildman–Crippen LogP) is 3.36. The average Bonchev–Trinajstić information content (AvgIpc) is 2.35. The van der Waals surface area contributed by atoms with Crippen LogP contribution in [0.2, 0.25) is 0 Å². The van der Waals surface area contributed by atoms with E-state index >= 15 is 0 Å². The first-order valence-electron chi connectivity index (χ1n) is 5.25. The van der Waals surface area contributed by atoms with Gasteiger partial charge < -0.3 is 9.84 Å². The van der Waals surface area contributed by atoms with Crippen LogP contribution in [0.4, 0.5) is 13.2 Å². The SMILES string of the molecule is COc1ccc2cc(C(F)(F)F)ccc2c1CO. The summed E-state index contributed by atoms with van der Waals surface area (Å²) < 4.78 is 42.8. The molecule has 2 aromatic carbocycles. The van der Waals surface area contributed by atoms with Crippen LogP contribution in [-0.4, -0.2) is 12.2 Å². The minimum absolute atomic E-state index is 0.286. The molecule has 0 saturated heterocycles. The molecule has 1 N–H and O–H groups in total. The largest absolute Gasteiger partial charge is 0.496 e. The molecule has 2 rings (SSSR count). The summed E-state index contributed by atoms with van der Waals surface area (Å²) in [6.45, 7) is -0.286. The molecular weight excluding hydrogens is 245 g/mol. The van der Waals surface area contributed by atoms with Crippen molar-refractivity contribution in [2.24, 2.45) is 0 Å². The predicted molar refractivity (Wildman–Crippen MR) is 61.4 cm³/mol. The standard InChI is InChI=1S/C13H11F3O2/c1-18-12-5-2-8-6-9(13(14,15)16)3-4-10(8)11(12)7-17/h2-6,17H,7H2,1H3. The van der Waals surface area contributed by atoms with Gasteiger partial charge in [0.1, 0.15) is 5.75 Å². The Labute approximate surface area is 102 Å². The Morgan fingerprint density at radius 1 is 1.17 bits per heavy atom. The van der Waals surface area contributed by atoms with Crippen molar-refractivity contribution >= 4 is 10.8 Å². The smallest absolute Gasteiger partial charge is 0.416 e. The van der Waals surface area contributed by atoms with E-state index in [9.17, 15) is 18.3 Å². The van der Waals surface area contributed by atoms with Crippen LogP contribution in [0.15, 0.2) is 30.3 Å². The van der Waals surface area contributed by atoms with Gasteiger partial charge in [0.05, 0.1) is 19.3 Å². The number of halogens is 3. The van der Waals surface area contributed by atoms with E-state index in [4.69, 9.17) is 4.74 Å². The van der Waals surface area contributed by atoms with Crippen molar-refractivity contribution in [3.63, 3.8) is 0 Å². The fourth-order valence-electron chi connectivity index (χ4n) is 1.90. The molecule has 0 bridgehead atoms. The summed E-state index contributed by atoms with van der Waals surface area (Å²) in [5.74, 6) is 0.463. The molecule has 0 aliphatic heterocycles. The Hall–Kier alpha value is -1.75. The summed E-state index contributed by atoms with van der Waals surface area (Å²) in [5, 5.41) is 10.3. The molecule has 0 aromatic heterocycles. The third-order valence-electron chi connectivity index (χ3n) is 2.79. The minimum atomic E-state index is -4.37. The summed E-state index contributed by atoms with van der Waals surface area (Å²) in [6.07, 6.45) is -4.37. The van der Waals surface area contributed by atoms with Crippen LogP contribution in [0.25, 0.3) is 10.8 Å². The van der Waals surface area contributed by atoms with Crippen LogP contribution in [0.3, 0.4) is 0 Å². The van der Waals surface area contributed by atoms with Gasteiger partial charge in [0.25, 0.3) is 0 Å². The van der Waals surface area contributed by atoms with Crippen LogP contribution in [0, 0.1) is 0 Å². The highest BCUT2D eigenvalue weighted by molar-refractivity contribution is 5.88. The lowest BCUT2D eigenvalue weighted by molar-refractivity contribution is -0.137. The van der Waals surface area contributed by atoms with Crippen molar-refractivity contribution in [3.05, 3.63) is 41.5 Å². The molecular formula is C13H11F3O2. The van der Waals surface area contributed by atoms with E-state index in [0.717, 1.165) is 12.1 Å². The van der Waals surface area contributed by atoms with Gasteiger partial charge in [0.15, 0.2) is 0 Å². The number of ether oxygens (including phenoxy) is 1. The quantitative estimate of drug-likeness (QED) is 0.892. The van der Waals surface area contributed by atoms with Crippen LogP contribution in [0.1, 0.15) is 11.1 Å². The van der Waals surface area contributed by atoms with Gasteiger partial charge in [0.2, 0.25) is 0 Å². The van der Waals surface area contributed by atoms with E-state index in [1.54, 1.807) is 12.1 Å². The van der Waals surface area contributed by atoms with Crippen LogP contribution >= 0.6 is 0 Å². The van der Waals surface area contributed by atoms with Gasteiger partial charge in [-0.25, -0.2) is 0 Å². The second-order valence-electron chi connectivity index (χ2n) is 3.84. The first-order valence-corrected chi connectivity index (χ1v) is 5.25. The second-order valence-corrected chi connectivity index (χ2v) is 3.84. The summed E-state index contributed by atoms with van der Waals surface area (Å²) in [6, 6.07) is 6.51. The molecule has 5 heteroatoms. The van der Waals surface area contributed by atoms with E-state index in [2.05, 4.69) is 0 Å². The zero-order valence-electron chi connectivity index (χ0n) is 9.58. The number of benzene rings is 2. The lowest BCUT2D eigenvalue weighted by Gasteiger charge is -2.12. The summed E-state index contributed by atoms with van der Waals surface area (Å²) >= 11 is 0. The topological polar surface area (TPSA) is 29.5 Å². The van der Waals surface area contributed by atoms with Gasteiger partial charge >= 0.3 is 6.18 Å². The van der Waals surface area contributed by atoms with E-state index in [-0.39, 0.29) is 6.61 Å². The number of hydrogen-bond acceptors (Lipinski definition) is 2. The van der Waals surface area contributed by atoms with Crippen LogP contribution in [-0.2, 0) is 12.8 Å². The van der Waals surface area contributed by atoms with E-state index < -0.39 is 11.7 Å². The lowest BCUT2D eigenvalue weighted by Crippen LogP contribution is -2.04. The normalized spacial score (nSPS) is 11.8. The Morgan fingerprint density at radius 2 is 1.89 bits per heavy atom. The third kappa shape index (κ3) is 2.13. The van der Waals surface area contributed by atoms with E-state index in [1.165, 1.54) is 13.2 Å². The van der Waals surface area contributed by atoms with Gasteiger partial charge in [-0.3, -0.25) is 0 Å². The van der Waals surface area contributed by atoms with Crippen LogP contribution in [0.5, 0.6) is 5.75 Å². The Balaban J connectivity index is 2.67. The van der Waals surface area contributed by atoms with Crippen molar-refractivity contribution in [3.8, 4) is 5.75 Å². The minimum Gasteiger partial charge on any atom is -0.496 e. The summed E-state index contributed by atoms with van der Waals surface area (Å²) in [7, 11) is 1.45. The number of aliphatic hydroxyl groups is 1. The molecule has 0 aliphatic rings. The second kappa shape index (κ2) is 4.49. The highest BCUT2D eigenvalue weighted by atomic mass is 19.4. The average molecular weight is 256 g/mol. The van der Waals surface area contributed by atoms with Crippen molar-refractivity contribution in [2.45, 2.75) is 12.8 Å². The zero-order chi connectivity index (χ0) is 13.3. The van der Waals surface area contributed by atoms with Gasteiger partial charge in [-0.15, -0.1) is 0 Å². The fourth-order valence-corrected chi connectivity index (χ4v) is 1.90. The maximum Gasteiger partial charge on any atom is 0.416 e. The molecule has 0 saturated carbocycles. The number of methoxy groups -OCH3 is 1. The first-order chi connectivity index (χ1) is 8.47. The highest BCUT2D eigenvalue weighted by Crippen LogP contribution is 2.34. The van der Waals surface area contributed by atoms with Gasteiger partial charge in [-0.1, -0.05) is 12.1 Å². The van der Waals surface area contributed by atoms with Crippen molar-refractivity contribution in [1.29, 1.82) is 0 Å². The molecule has 0 unspecified atom stereocenters. The van der Waals surface area contributed by atoms with Crippen molar-refractivity contribution in [2.75, 3.05) is 7.11 Å². The molecule has 18 heavy (non-hydrogen) atoms. The maximum absolute atomic E-state index is 12.6. The van der Waals surface area contributed by atoms with Crippen molar-refractivity contribution in [1.82, 2.24) is 0 Å². The number of rotatable bonds is 2. The monoisotopic (exact) mass is 256 g/mol. The zero-order valence-corrected chi connectivity index (χ0v) is 9.58. The van der Waals surface area contributed by atoms with Crippen molar-refractivity contribution < 1.29 is 23.0 Å². The molecule has 2 aromatic rings. The lowest BCUT2D eigenvalue weighted by atomic mass is 10.0. The van der Waals surface area contributed by atoms with E-state index in [0.29, 0.717) is 22.1 Å². The highest BCUT2D eigenvalue weighted by Gasteiger charge is 2.30. The van der Waals surface area contributed by atoms with Gasteiger partial charge in [0, 0.05) is 5.56 Å². The number of hydrogen-bond donors (Lipinski definition) is 1. The number of alkyl halides is 3. The Kier molecular flexibility index (Phi) is 3.17. The maximum atomic E-state index is 12.6. The molecule has 96 valence electrons. The molecule has 0 atom stereocenters. The molecule has 0 fully saturated rings. The van der Waals surface area contributed by atoms with E-state index in [1.807, 2.05) is 0 Å².